The van der Waals surface area contributed by atoms with E-state index < -0.39 is 16.9 Å². The van der Waals surface area contributed by atoms with Crippen LogP contribution < -0.4 is 9.46 Å². The minimum atomic E-state index is -1.60. The fourth-order valence-electron chi connectivity index (χ4n) is 2.43. The standard InChI is InChI=1S/C15H11N5O3S/c1-23-14-5-3-11(17-18-14)9-2-4-12-10(6-9)8-16-20(12)15-7-13(21)19-24(15)22/h2-8H,1H3,(H,19,21). The van der Waals surface area contributed by atoms with Crippen LogP contribution in [0.15, 0.2) is 42.6 Å². The first-order valence-electron chi connectivity index (χ1n) is 6.96. The van der Waals surface area contributed by atoms with Crippen molar-refractivity contribution in [2.24, 2.45) is 0 Å². The lowest BCUT2D eigenvalue weighted by Crippen LogP contribution is -2.17. The fraction of sp³-hybridized carbons (Fsp3) is 0.0667. The quantitative estimate of drug-likeness (QED) is 0.766. The Balaban J connectivity index is 1.76. The molecule has 1 N–H and O–H groups in total. The smallest absolute Gasteiger partial charge is 0.258 e. The largest absolute Gasteiger partial charge is 0.480 e. The summed E-state index contributed by atoms with van der Waals surface area (Å²) >= 11 is 0. The maximum absolute atomic E-state index is 11.9. The molecule has 120 valence electrons. The third-order valence-corrected chi connectivity index (χ3v) is 4.62. The second-order valence-electron chi connectivity index (χ2n) is 5.01. The molecule has 8 nitrogen and oxygen atoms in total. The molecule has 0 saturated carbocycles. The summed E-state index contributed by atoms with van der Waals surface area (Å²) in [7, 11) is -0.0623. The van der Waals surface area contributed by atoms with E-state index in [1.54, 1.807) is 12.3 Å². The predicted molar refractivity (Wildman–Crippen MR) is 87.9 cm³/mol. The molecule has 0 aliphatic carbocycles. The number of amides is 1. The molecule has 1 unspecified atom stereocenters. The predicted octanol–water partition coefficient (Wildman–Crippen LogP) is 1.09. The zero-order chi connectivity index (χ0) is 16.7. The maximum Gasteiger partial charge on any atom is 0.258 e. The van der Waals surface area contributed by atoms with Gasteiger partial charge in [0.2, 0.25) is 5.88 Å². The normalized spacial score (nSPS) is 17.0. The van der Waals surface area contributed by atoms with E-state index in [1.807, 2.05) is 24.3 Å². The van der Waals surface area contributed by atoms with Crippen LogP contribution >= 0.6 is 0 Å². The van der Waals surface area contributed by atoms with Gasteiger partial charge in [0.1, 0.15) is 0 Å². The zero-order valence-corrected chi connectivity index (χ0v) is 13.3. The van der Waals surface area contributed by atoms with Gasteiger partial charge in [0, 0.05) is 23.1 Å². The second kappa shape index (κ2) is 5.53. The third kappa shape index (κ3) is 2.35. The van der Waals surface area contributed by atoms with Crippen LogP contribution in [-0.2, 0) is 15.8 Å². The number of carbonyl (C=O) groups excluding carboxylic acids is 1. The van der Waals surface area contributed by atoms with Crippen LogP contribution in [0.25, 0.3) is 27.2 Å². The van der Waals surface area contributed by atoms with E-state index >= 15 is 0 Å². The molecular formula is C15H11N5O3S. The molecule has 1 atom stereocenters. The highest BCUT2D eigenvalue weighted by atomic mass is 32.2. The molecule has 0 radical (unpaired) electrons. The summed E-state index contributed by atoms with van der Waals surface area (Å²) < 4.78 is 20.7. The first-order valence-corrected chi connectivity index (χ1v) is 8.11. The van der Waals surface area contributed by atoms with E-state index in [0.717, 1.165) is 16.5 Å². The van der Waals surface area contributed by atoms with Crippen molar-refractivity contribution in [2.75, 3.05) is 7.11 Å². The lowest BCUT2D eigenvalue weighted by molar-refractivity contribution is -0.114. The summed E-state index contributed by atoms with van der Waals surface area (Å²) in [6.45, 7) is 0. The topological polar surface area (TPSA) is 99.0 Å². The number of aromatic nitrogens is 4. The molecule has 1 amide bonds. The number of ether oxygens (including phenoxy) is 1. The van der Waals surface area contributed by atoms with Crippen LogP contribution in [0.3, 0.4) is 0 Å². The molecule has 0 fully saturated rings. The minimum absolute atomic E-state index is 0.312. The van der Waals surface area contributed by atoms with Crippen LogP contribution in [0.1, 0.15) is 0 Å². The van der Waals surface area contributed by atoms with Crippen molar-refractivity contribution in [1.29, 1.82) is 0 Å². The van der Waals surface area contributed by atoms with E-state index in [4.69, 9.17) is 4.74 Å². The fourth-order valence-corrected chi connectivity index (χ4v) is 3.29. The summed E-state index contributed by atoms with van der Waals surface area (Å²) in [6, 6.07) is 9.16. The molecule has 0 bridgehead atoms. The molecule has 1 aromatic carbocycles. The lowest BCUT2D eigenvalue weighted by atomic mass is 10.1. The van der Waals surface area contributed by atoms with Crippen molar-refractivity contribution in [2.45, 2.75) is 0 Å². The van der Waals surface area contributed by atoms with Gasteiger partial charge in [0.25, 0.3) is 5.91 Å². The van der Waals surface area contributed by atoms with Gasteiger partial charge in [0.15, 0.2) is 16.0 Å². The third-order valence-electron chi connectivity index (χ3n) is 3.56. The van der Waals surface area contributed by atoms with Gasteiger partial charge in [0.05, 0.1) is 24.5 Å². The van der Waals surface area contributed by atoms with Crippen molar-refractivity contribution < 1.29 is 13.7 Å². The Morgan fingerprint density at radius 2 is 2.08 bits per heavy atom. The Morgan fingerprint density at radius 1 is 1.21 bits per heavy atom. The van der Waals surface area contributed by atoms with Crippen LogP contribution in [0.2, 0.25) is 0 Å². The Morgan fingerprint density at radius 3 is 2.75 bits per heavy atom. The molecule has 2 aromatic heterocycles. The number of hydrogen-bond donors (Lipinski definition) is 1. The SMILES string of the molecule is COc1ccc(-c2ccc3c(cnn3C3=CC(=O)NS3=O)c2)nn1. The van der Waals surface area contributed by atoms with E-state index in [0.29, 0.717) is 16.6 Å². The molecule has 0 saturated heterocycles. The number of hydrogen-bond acceptors (Lipinski definition) is 6. The van der Waals surface area contributed by atoms with Crippen molar-refractivity contribution in [3.63, 3.8) is 0 Å². The molecule has 3 heterocycles. The first kappa shape index (κ1) is 14.5. The van der Waals surface area contributed by atoms with Crippen molar-refractivity contribution >= 4 is 32.8 Å². The minimum Gasteiger partial charge on any atom is -0.480 e. The van der Waals surface area contributed by atoms with E-state index in [1.165, 1.54) is 17.9 Å². The van der Waals surface area contributed by atoms with Crippen molar-refractivity contribution in [1.82, 2.24) is 24.7 Å². The van der Waals surface area contributed by atoms with Gasteiger partial charge >= 0.3 is 0 Å². The number of fused-ring (bicyclic) bond motifs is 1. The van der Waals surface area contributed by atoms with Crippen LogP contribution in [0.4, 0.5) is 0 Å². The molecule has 1 aliphatic heterocycles. The van der Waals surface area contributed by atoms with Gasteiger partial charge in [-0.3, -0.25) is 9.52 Å². The number of nitrogens with zero attached hydrogens (tertiary/aromatic N) is 4. The highest BCUT2D eigenvalue weighted by molar-refractivity contribution is 7.93. The summed E-state index contributed by atoms with van der Waals surface area (Å²) in [4.78, 5) is 11.3. The van der Waals surface area contributed by atoms with Gasteiger partial charge in [-0.1, -0.05) is 6.07 Å². The first-order chi connectivity index (χ1) is 11.7. The molecule has 3 aromatic rings. The number of rotatable bonds is 3. The number of methoxy groups -OCH3 is 1. The van der Waals surface area contributed by atoms with Crippen LogP contribution in [-0.4, -0.2) is 37.2 Å². The molecule has 9 heteroatoms. The van der Waals surface area contributed by atoms with Gasteiger partial charge in [-0.25, -0.2) is 8.89 Å². The molecule has 4 rings (SSSR count). The number of benzene rings is 1. The van der Waals surface area contributed by atoms with E-state index in [2.05, 4.69) is 20.0 Å². The summed E-state index contributed by atoms with van der Waals surface area (Å²) in [6.07, 6.45) is 2.93. The van der Waals surface area contributed by atoms with Gasteiger partial charge in [-0.05, 0) is 18.2 Å². The summed E-state index contributed by atoms with van der Waals surface area (Å²) in [5.74, 6) is 0.0533. The Labute approximate surface area is 138 Å². The van der Waals surface area contributed by atoms with Gasteiger partial charge in [-0.2, -0.15) is 5.10 Å². The highest BCUT2D eigenvalue weighted by Crippen LogP contribution is 2.26. The summed E-state index contributed by atoms with van der Waals surface area (Å²) in [5, 5.41) is 13.4. The lowest BCUT2D eigenvalue weighted by Gasteiger charge is -2.04. The van der Waals surface area contributed by atoms with Gasteiger partial charge in [-0.15, -0.1) is 10.2 Å². The highest BCUT2D eigenvalue weighted by Gasteiger charge is 2.23. The monoisotopic (exact) mass is 341 g/mol. The van der Waals surface area contributed by atoms with Crippen LogP contribution in [0.5, 0.6) is 5.88 Å². The molecule has 0 spiro atoms. The Bertz CT molecular complexity index is 1010. The Kier molecular flexibility index (Phi) is 3.35. The van der Waals surface area contributed by atoms with E-state index in [9.17, 15) is 9.00 Å². The average molecular weight is 341 g/mol. The van der Waals surface area contributed by atoms with E-state index in [-0.39, 0.29) is 0 Å². The summed E-state index contributed by atoms with van der Waals surface area (Å²) in [5.41, 5.74) is 2.32. The van der Waals surface area contributed by atoms with Crippen molar-refractivity contribution in [3.05, 3.63) is 42.6 Å². The Hall–Kier alpha value is -3.07. The average Bonchev–Trinajstić information content (AvgIpc) is 3.16. The molecule has 24 heavy (non-hydrogen) atoms. The number of nitrogens with one attached hydrogen (secondary N) is 1. The van der Waals surface area contributed by atoms with Crippen LogP contribution in [0, 0.1) is 0 Å². The van der Waals surface area contributed by atoms with Crippen molar-refractivity contribution in [3.8, 4) is 17.1 Å². The molecule has 1 aliphatic rings. The number of carbonyl (C=O) groups is 1. The maximum atomic E-state index is 11.9. The second-order valence-corrected chi connectivity index (χ2v) is 6.17. The van der Waals surface area contributed by atoms with Gasteiger partial charge < -0.3 is 4.74 Å². The molecular weight excluding hydrogens is 330 g/mol. The zero-order valence-electron chi connectivity index (χ0n) is 12.5.